The molecule has 36 heavy (non-hydrogen) atoms. The van der Waals surface area contributed by atoms with Gasteiger partial charge >= 0.3 is 11.9 Å². The van der Waals surface area contributed by atoms with Crippen LogP contribution < -0.4 is 10.9 Å². The van der Waals surface area contributed by atoms with Gasteiger partial charge in [0.25, 0.3) is 11.5 Å². The lowest BCUT2D eigenvalue weighted by Crippen LogP contribution is -2.42. The monoisotopic (exact) mass is 511 g/mol. The maximum absolute atomic E-state index is 12.8. The van der Waals surface area contributed by atoms with Gasteiger partial charge in [0, 0.05) is 21.8 Å². The molecule has 0 saturated heterocycles. The van der Waals surface area contributed by atoms with Crippen LogP contribution in [0.3, 0.4) is 0 Å². The Bertz CT molecular complexity index is 1320. The second-order valence-corrected chi connectivity index (χ2v) is 9.09. The minimum atomic E-state index is -0.975. The van der Waals surface area contributed by atoms with Crippen molar-refractivity contribution < 1.29 is 23.9 Å². The van der Waals surface area contributed by atoms with E-state index in [4.69, 9.17) is 9.47 Å². The van der Waals surface area contributed by atoms with Crippen LogP contribution in [-0.4, -0.2) is 47.1 Å². The summed E-state index contributed by atoms with van der Waals surface area (Å²) in [6.07, 6.45) is 0.0465. The molecule has 0 saturated carbocycles. The number of nitrogens with one attached hydrogen (secondary N) is 2. The molecule has 10 heteroatoms. The molecule has 3 aromatic rings. The van der Waals surface area contributed by atoms with Crippen LogP contribution in [0.2, 0.25) is 0 Å². The molecule has 1 atom stereocenters. The normalized spacial score (nSPS) is 11.7. The van der Waals surface area contributed by atoms with E-state index in [1.165, 1.54) is 11.8 Å². The molecule has 2 N–H and O–H groups in total. The Balaban J connectivity index is 1.76. The van der Waals surface area contributed by atoms with Crippen LogP contribution in [0, 0.1) is 13.8 Å². The first-order chi connectivity index (χ1) is 17.2. The summed E-state index contributed by atoms with van der Waals surface area (Å²) >= 11 is 1.41. The molecule has 0 bridgehead atoms. The maximum Gasteiger partial charge on any atom is 0.328 e. The van der Waals surface area contributed by atoms with E-state index in [0.29, 0.717) is 22.3 Å². The zero-order valence-corrected chi connectivity index (χ0v) is 21.5. The van der Waals surface area contributed by atoms with Crippen molar-refractivity contribution in [3.05, 3.63) is 63.7 Å². The molecule has 9 nitrogen and oxygen atoms in total. The Morgan fingerprint density at radius 1 is 1.03 bits per heavy atom. The summed E-state index contributed by atoms with van der Waals surface area (Å²) in [6, 6.07) is 9.58. The predicted molar refractivity (Wildman–Crippen MR) is 136 cm³/mol. The first-order valence-electron chi connectivity index (χ1n) is 11.6. The SMILES string of the molecule is CCOC(=O)CC[C@H](NC(=O)c1ccc(Sc2c(C)ccc3nc(C)[nH]c(=O)c23)cc1)C(=O)OCC. The van der Waals surface area contributed by atoms with Crippen molar-refractivity contribution in [1.29, 1.82) is 0 Å². The van der Waals surface area contributed by atoms with Crippen LogP contribution in [0.25, 0.3) is 10.9 Å². The lowest BCUT2D eigenvalue weighted by Gasteiger charge is -2.17. The summed E-state index contributed by atoms with van der Waals surface area (Å²) in [5.41, 5.74) is 1.69. The summed E-state index contributed by atoms with van der Waals surface area (Å²) < 4.78 is 9.94. The van der Waals surface area contributed by atoms with Crippen LogP contribution in [0.1, 0.15) is 48.4 Å². The van der Waals surface area contributed by atoms with Gasteiger partial charge in [-0.25, -0.2) is 9.78 Å². The fourth-order valence-electron chi connectivity index (χ4n) is 3.58. The molecule has 190 valence electrons. The van der Waals surface area contributed by atoms with Gasteiger partial charge in [-0.1, -0.05) is 17.8 Å². The number of hydrogen-bond donors (Lipinski definition) is 2. The van der Waals surface area contributed by atoms with Gasteiger partial charge in [-0.3, -0.25) is 14.4 Å². The van der Waals surface area contributed by atoms with Gasteiger partial charge in [0.05, 0.1) is 24.1 Å². The third kappa shape index (κ3) is 6.72. The van der Waals surface area contributed by atoms with Crippen LogP contribution in [0.4, 0.5) is 0 Å². The third-order valence-electron chi connectivity index (χ3n) is 5.30. The molecule has 3 rings (SSSR count). The summed E-state index contributed by atoms with van der Waals surface area (Å²) in [5.74, 6) is -0.977. The minimum Gasteiger partial charge on any atom is -0.466 e. The molecule has 0 aliphatic rings. The average molecular weight is 512 g/mol. The second-order valence-electron chi connectivity index (χ2n) is 8.01. The smallest absolute Gasteiger partial charge is 0.328 e. The lowest BCUT2D eigenvalue weighted by atomic mass is 10.1. The zero-order valence-electron chi connectivity index (χ0n) is 20.7. The van der Waals surface area contributed by atoms with Crippen molar-refractivity contribution in [3.8, 4) is 0 Å². The number of esters is 2. The number of amides is 1. The Labute approximate surface area is 213 Å². The van der Waals surface area contributed by atoms with E-state index in [2.05, 4.69) is 15.3 Å². The fourth-order valence-corrected chi connectivity index (χ4v) is 4.61. The first kappa shape index (κ1) is 26.9. The number of ether oxygens (including phenoxy) is 2. The standard InChI is InChI=1S/C26H29N3O6S/c1-5-34-21(30)14-13-20(26(33)35-6-2)29-24(31)17-8-10-18(11-9-17)36-23-15(3)7-12-19-22(23)25(32)28-16(4)27-19/h7-12,20H,5-6,13-14H2,1-4H3,(H,29,31)(H,27,28,32)/t20-/m0/s1. The average Bonchev–Trinajstić information content (AvgIpc) is 2.84. The Morgan fingerprint density at radius 2 is 1.72 bits per heavy atom. The second kappa shape index (κ2) is 12.3. The van der Waals surface area contributed by atoms with Crippen LogP contribution in [0.5, 0.6) is 0 Å². The van der Waals surface area contributed by atoms with Crippen molar-refractivity contribution in [1.82, 2.24) is 15.3 Å². The van der Waals surface area contributed by atoms with Gasteiger partial charge in [0.1, 0.15) is 11.9 Å². The number of benzene rings is 2. The maximum atomic E-state index is 12.8. The number of aryl methyl sites for hydroxylation is 2. The topological polar surface area (TPSA) is 127 Å². The van der Waals surface area contributed by atoms with E-state index in [-0.39, 0.29) is 31.6 Å². The Morgan fingerprint density at radius 3 is 2.39 bits per heavy atom. The molecular weight excluding hydrogens is 482 g/mol. The van der Waals surface area contributed by atoms with E-state index in [1.54, 1.807) is 45.0 Å². The molecule has 0 aliphatic heterocycles. The number of rotatable bonds is 10. The highest BCUT2D eigenvalue weighted by Crippen LogP contribution is 2.34. The van der Waals surface area contributed by atoms with Gasteiger partial charge < -0.3 is 19.8 Å². The molecule has 1 amide bonds. The number of nitrogens with zero attached hydrogens (tertiary/aromatic N) is 1. The lowest BCUT2D eigenvalue weighted by molar-refractivity contribution is -0.146. The number of aromatic amines is 1. The quantitative estimate of drug-likeness (QED) is 0.395. The largest absolute Gasteiger partial charge is 0.466 e. The predicted octanol–water partition coefficient (Wildman–Crippen LogP) is 3.70. The Kier molecular flexibility index (Phi) is 9.24. The van der Waals surface area contributed by atoms with Crippen molar-refractivity contribution >= 4 is 40.5 Å². The van der Waals surface area contributed by atoms with E-state index in [0.717, 1.165) is 15.4 Å². The van der Waals surface area contributed by atoms with Gasteiger partial charge in [-0.15, -0.1) is 0 Å². The van der Waals surface area contributed by atoms with Crippen molar-refractivity contribution in [2.45, 2.75) is 56.4 Å². The molecule has 0 radical (unpaired) electrons. The molecule has 0 aliphatic carbocycles. The molecule has 1 aromatic heterocycles. The minimum absolute atomic E-state index is 0.0227. The van der Waals surface area contributed by atoms with Gasteiger partial charge in [0.15, 0.2) is 0 Å². The van der Waals surface area contributed by atoms with Crippen molar-refractivity contribution in [3.63, 3.8) is 0 Å². The summed E-state index contributed by atoms with van der Waals surface area (Å²) in [7, 11) is 0. The summed E-state index contributed by atoms with van der Waals surface area (Å²) in [4.78, 5) is 58.2. The number of hydrogen-bond acceptors (Lipinski definition) is 8. The van der Waals surface area contributed by atoms with Crippen LogP contribution in [0.15, 0.2) is 51.0 Å². The summed E-state index contributed by atoms with van der Waals surface area (Å²) in [5, 5.41) is 3.17. The first-order valence-corrected chi connectivity index (χ1v) is 12.5. The van der Waals surface area contributed by atoms with Gasteiger partial charge in [-0.05, 0) is 70.0 Å². The highest BCUT2D eigenvalue weighted by atomic mass is 32.2. The zero-order chi connectivity index (χ0) is 26.2. The van der Waals surface area contributed by atoms with Crippen molar-refractivity contribution in [2.75, 3.05) is 13.2 Å². The number of carbonyl (C=O) groups is 3. The number of aromatic nitrogens is 2. The van der Waals surface area contributed by atoms with E-state index in [1.807, 2.05) is 19.1 Å². The summed E-state index contributed by atoms with van der Waals surface area (Å²) in [6.45, 7) is 7.42. The third-order valence-corrected chi connectivity index (χ3v) is 6.54. The van der Waals surface area contributed by atoms with E-state index in [9.17, 15) is 19.2 Å². The number of H-pyrrole nitrogens is 1. The molecular formula is C26H29N3O6S. The Hall–Kier alpha value is -3.66. The molecule has 0 unspecified atom stereocenters. The van der Waals surface area contributed by atoms with E-state index < -0.39 is 23.9 Å². The highest BCUT2D eigenvalue weighted by Gasteiger charge is 2.24. The molecule has 0 spiro atoms. The fraction of sp³-hybridized carbons (Fsp3) is 0.346. The molecule has 0 fully saturated rings. The van der Waals surface area contributed by atoms with Crippen LogP contribution in [-0.2, 0) is 19.1 Å². The van der Waals surface area contributed by atoms with Crippen molar-refractivity contribution in [2.24, 2.45) is 0 Å². The number of carbonyl (C=O) groups excluding carboxylic acids is 3. The highest BCUT2D eigenvalue weighted by molar-refractivity contribution is 7.99. The van der Waals surface area contributed by atoms with E-state index >= 15 is 0 Å². The van der Waals surface area contributed by atoms with Gasteiger partial charge in [0.2, 0.25) is 0 Å². The molecule has 1 heterocycles. The molecule has 2 aromatic carbocycles. The van der Waals surface area contributed by atoms with Gasteiger partial charge in [-0.2, -0.15) is 0 Å². The number of fused-ring (bicyclic) bond motifs is 1. The van der Waals surface area contributed by atoms with Crippen LogP contribution >= 0.6 is 11.8 Å².